The number of hydrogen-bond acceptors (Lipinski definition) is 5. The number of hydrogen-bond donors (Lipinski definition) is 3. The lowest BCUT2D eigenvalue weighted by Gasteiger charge is -2.31. The minimum absolute atomic E-state index is 0.0847. The SMILES string of the molecule is CN1CCN(C(=O)/C=C/C(=N)/C=C/c2ccc(O)c(O)c2)CC1. The van der Waals surface area contributed by atoms with E-state index in [0.717, 1.165) is 13.1 Å². The molecule has 0 aromatic heterocycles. The summed E-state index contributed by atoms with van der Waals surface area (Å²) < 4.78 is 0. The molecule has 0 unspecified atom stereocenters. The number of amides is 1. The highest BCUT2D eigenvalue weighted by Gasteiger charge is 2.16. The van der Waals surface area contributed by atoms with Gasteiger partial charge in [-0.15, -0.1) is 0 Å². The van der Waals surface area contributed by atoms with Gasteiger partial charge in [0.1, 0.15) is 0 Å². The number of likely N-dealkylation sites (N-methyl/N-ethyl adjacent to an activating group) is 1. The maximum Gasteiger partial charge on any atom is 0.246 e. The van der Waals surface area contributed by atoms with Gasteiger partial charge in [0.25, 0.3) is 0 Å². The number of piperazine rings is 1. The maximum atomic E-state index is 12.0. The number of phenolic OH excluding ortho intramolecular Hbond substituents is 2. The molecule has 0 saturated carbocycles. The maximum absolute atomic E-state index is 12.0. The molecule has 0 radical (unpaired) electrons. The van der Waals surface area contributed by atoms with Crippen LogP contribution in [-0.4, -0.2) is 64.9 Å². The van der Waals surface area contributed by atoms with Gasteiger partial charge in [-0.1, -0.05) is 12.1 Å². The second-order valence-electron chi connectivity index (χ2n) is 5.50. The Labute approximate surface area is 135 Å². The monoisotopic (exact) mass is 315 g/mol. The standard InChI is InChI=1S/C17H21N3O3/c1-19-8-10-20(11-9-19)17(23)7-5-14(18)4-2-13-3-6-15(21)16(22)12-13/h2-7,12,18,21-22H,8-11H2,1H3/b4-2+,7-5+,18-14?. The second-order valence-corrected chi connectivity index (χ2v) is 5.50. The van der Waals surface area contributed by atoms with Gasteiger partial charge in [0.05, 0.1) is 5.71 Å². The van der Waals surface area contributed by atoms with Gasteiger partial charge in [-0.05, 0) is 36.9 Å². The van der Waals surface area contributed by atoms with Crippen LogP contribution in [0.15, 0.2) is 36.4 Å². The van der Waals surface area contributed by atoms with E-state index in [1.807, 2.05) is 7.05 Å². The molecule has 1 fully saturated rings. The summed E-state index contributed by atoms with van der Waals surface area (Å²) in [6, 6.07) is 4.40. The van der Waals surface area contributed by atoms with Crippen LogP contribution < -0.4 is 0 Å². The first-order chi connectivity index (χ1) is 11.0. The van der Waals surface area contributed by atoms with Gasteiger partial charge in [0, 0.05) is 32.3 Å². The van der Waals surface area contributed by atoms with Gasteiger partial charge in [-0.2, -0.15) is 0 Å². The van der Waals surface area contributed by atoms with Crippen LogP contribution >= 0.6 is 0 Å². The first kappa shape index (κ1) is 16.8. The van der Waals surface area contributed by atoms with Crippen LogP contribution in [0, 0.1) is 5.41 Å². The molecule has 1 aliphatic heterocycles. The summed E-state index contributed by atoms with van der Waals surface area (Å²) in [4.78, 5) is 15.9. The second kappa shape index (κ2) is 7.60. The predicted octanol–water partition coefficient (Wildman–Crippen LogP) is 1.46. The van der Waals surface area contributed by atoms with Crippen molar-refractivity contribution in [3.63, 3.8) is 0 Å². The van der Waals surface area contributed by atoms with Gasteiger partial charge < -0.3 is 25.4 Å². The number of rotatable bonds is 4. The molecule has 0 bridgehead atoms. The van der Waals surface area contributed by atoms with Crippen molar-refractivity contribution in [2.75, 3.05) is 33.2 Å². The van der Waals surface area contributed by atoms with Crippen LogP contribution in [0.4, 0.5) is 0 Å². The summed E-state index contributed by atoms with van der Waals surface area (Å²) in [5, 5.41) is 26.4. The third kappa shape index (κ3) is 4.96. The molecule has 6 heteroatoms. The number of allylic oxidation sites excluding steroid dienone is 2. The van der Waals surface area contributed by atoms with Crippen LogP contribution in [0.1, 0.15) is 5.56 Å². The lowest BCUT2D eigenvalue weighted by molar-refractivity contribution is -0.127. The Morgan fingerprint density at radius 2 is 1.78 bits per heavy atom. The Morgan fingerprint density at radius 1 is 1.09 bits per heavy atom. The third-order valence-corrected chi connectivity index (χ3v) is 3.68. The molecular weight excluding hydrogens is 294 g/mol. The molecule has 1 heterocycles. The summed E-state index contributed by atoms with van der Waals surface area (Å²) >= 11 is 0. The van der Waals surface area contributed by atoms with Crippen molar-refractivity contribution in [2.24, 2.45) is 0 Å². The summed E-state index contributed by atoms with van der Waals surface area (Å²) in [6.45, 7) is 3.13. The molecule has 23 heavy (non-hydrogen) atoms. The number of nitrogens with zero attached hydrogens (tertiary/aromatic N) is 2. The fourth-order valence-electron chi connectivity index (χ4n) is 2.18. The Hall–Kier alpha value is -2.60. The molecule has 1 amide bonds. The summed E-state index contributed by atoms with van der Waals surface area (Å²) in [7, 11) is 2.03. The van der Waals surface area contributed by atoms with Crippen molar-refractivity contribution < 1.29 is 15.0 Å². The van der Waals surface area contributed by atoms with Gasteiger partial charge in [-0.25, -0.2) is 0 Å². The third-order valence-electron chi connectivity index (χ3n) is 3.68. The summed E-state index contributed by atoms with van der Waals surface area (Å²) in [5.74, 6) is -0.479. The van der Waals surface area contributed by atoms with Crippen molar-refractivity contribution in [3.05, 3.63) is 42.0 Å². The zero-order valence-corrected chi connectivity index (χ0v) is 13.1. The predicted molar refractivity (Wildman–Crippen MR) is 89.7 cm³/mol. The molecule has 1 aromatic rings. The quantitative estimate of drug-likeness (QED) is 0.446. The van der Waals surface area contributed by atoms with Crippen LogP contribution in [0.25, 0.3) is 6.08 Å². The summed E-state index contributed by atoms with van der Waals surface area (Å²) in [5.41, 5.74) is 0.837. The minimum Gasteiger partial charge on any atom is -0.504 e. The highest BCUT2D eigenvalue weighted by Crippen LogP contribution is 2.25. The average Bonchev–Trinajstić information content (AvgIpc) is 2.54. The topological polar surface area (TPSA) is 87.9 Å². The molecule has 1 saturated heterocycles. The minimum atomic E-state index is -0.209. The van der Waals surface area contributed by atoms with E-state index in [-0.39, 0.29) is 23.1 Å². The number of carbonyl (C=O) groups excluding carboxylic acids is 1. The summed E-state index contributed by atoms with van der Waals surface area (Å²) in [6.07, 6.45) is 6.02. The van der Waals surface area contributed by atoms with Crippen LogP contribution in [0.3, 0.4) is 0 Å². The zero-order valence-electron chi connectivity index (χ0n) is 13.1. The smallest absolute Gasteiger partial charge is 0.246 e. The van der Waals surface area contributed by atoms with Crippen molar-refractivity contribution in [2.45, 2.75) is 0 Å². The highest BCUT2D eigenvalue weighted by molar-refractivity contribution is 6.07. The highest BCUT2D eigenvalue weighted by atomic mass is 16.3. The lowest BCUT2D eigenvalue weighted by Crippen LogP contribution is -2.46. The van der Waals surface area contributed by atoms with E-state index >= 15 is 0 Å². The fraction of sp³-hybridized carbons (Fsp3) is 0.294. The van der Waals surface area contributed by atoms with E-state index in [4.69, 9.17) is 5.41 Å². The molecule has 1 aliphatic rings. The Kier molecular flexibility index (Phi) is 5.54. The van der Waals surface area contributed by atoms with Gasteiger partial charge in [-0.3, -0.25) is 4.79 Å². The van der Waals surface area contributed by atoms with E-state index in [9.17, 15) is 15.0 Å². The first-order valence-electron chi connectivity index (χ1n) is 7.40. The molecule has 122 valence electrons. The Morgan fingerprint density at radius 3 is 2.43 bits per heavy atom. The number of carbonyl (C=O) groups is 1. The Bertz CT molecular complexity index is 644. The van der Waals surface area contributed by atoms with Gasteiger partial charge in [0.2, 0.25) is 5.91 Å². The molecule has 0 atom stereocenters. The van der Waals surface area contributed by atoms with Gasteiger partial charge >= 0.3 is 0 Å². The zero-order chi connectivity index (χ0) is 16.8. The van der Waals surface area contributed by atoms with E-state index < -0.39 is 0 Å². The normalized spacial score (nSPS) is 16.3. The van der Waals surface area contributed by atoms with Crippen molar-refractivity contribution >= 4 is 17.7 Å². The number of benzene rings is 1. The van der Waals surface area contributed by atoms with Crippen molar-refractivity contribution in [3.8, 4) is 11.5 Å². The first-order valence-corrected chi connectivity index (χ1v) is 7.40. The Balaban J connectivity index is 1.89. The molecule has 2 rings (SSSR count). The lowest BCUT2D eigenvalue weighted by atomic mass is 10.1. The molecule has 1 aromatic carbocycles. The number of nitrogens with one attached hydrogen (secondary N) is 1. The molecule has 3 N–H and O–H groups in total. The van der Waals surface area contributed by atoms with Crippen molar-refractivity contribution in [1.82, 2.24) is 9.80 Å². The van der Waals surface area contributed by atoms with Crippen LogP contribution in [0.2, 0.25) is 0 Å². The van der Waals surface area contributed by atoms with E-state index in [0.29, 0.717) is 18.7 Å². The largest absolute Gasteiger partial charge is 0.504 e. The van der Waals surface area contributed by atoms with E-state index in [1.54, 1.807) is 17.0 Å². The van der Waals surface area contributed by atoms with Crippen molar-refractivity contribution in [1.29, 1.82) is 5.41 Å². The van der Waals surface area contributed by atoms with E-state index in [1.165, 1.54) is 30.4 Å². The number of phenols is 2. The molecule has 0 spiro atoms. The molecule has 6 nitrogen and oxygen atoms in total. The fourth-order valence-corrected chi connectivity index (χ4v) is 2.18. The molecular formula is C17H21N3O3. The van der Waals surface area contributed by atoms with E-state index in [2.05, 4.69) is 4.90 Å². The molecule has 0 aliphatic carbocycles. The van der Waals surface area contributed by atoms with Gasteiger partial charge in [0.15, 0.2) is 11.5 Å². The van der Waals surface area contributed by atoms with Crippen LogP contribution in [0.5, 0.6) is 11.5 Å². The van der Waals surface area contributed by atoms with Crippen LogP contribution in [-0.2, 0) is 4.79 Å². The average molecular weight is 315 g/mol. The number of aromatic hydroxyl groups is 2.